The summed E-state index contributed by atoms with van der Waals surface area (Å²) in [5.41, 5.74) is 1.90. The molecule has 0 fully saturated rings. The summed E-state index contributed by atoms with van der Waals surface area (Å²) < 4.78 is 15.8. The van der Waals surface area contributed by atoms with Crippen molar-refractivity contribution >= 4 is 23.6 Å². The van der Waals surface area contributed by atoms with Crippen LogP contribution in [0.4, 0.5) is 5.69 Å². The van der Waals surface area contributed by atoms with Crippen molar-refractivity contribution in [2.45, 2.75) is 6.10 Å². The molecule has 0 radical (unpaired) electrons. The molecule has 31 heavy (non-hydrogen) atoms. The van der Waals surface area contributed by atoms with E-state index in [-0.39, 0.29) is 0 Å². The van der Waals surface area contributed by atoms with Gasteiger partial charge in [-0.25, -0.2) is 4.79 Å². The second-order valence-corrected chi connectivity index (χ2v) is 6.56. The highest BCUT2D eigenvalue weighted by atomic mass is 16.5. The van der Waals surface area contributed by atoms with Crippen LogP contribution in [0.3, 0.4) is 0 Å². The minimum Gasteiger partial charge on any atom is -0.497 e. The molecule has 1 N–H and O–H groups in total. The van der Waals surface area contributed by atoms with Crippen molar-refractivity contribution in [1.82, 2.24) is 0 Å². The fourth-order valence-corrected chi connectivity index (χ4v) is 2.84. The molecule has 3 rings (SSSR count). The molecular weight excluding hydrogens is 394 g/mol. The Balaban J connectivity index is 1.74. The van der Waals surface area contributed by atoms with Crippen LogP contribution < -0.4 is 14.8 Å². The summed E-state index contributed by atoms with van der Waals surface area (Å²) in [7, 11) is 3.13. The highest BCUT2D eigenvalue weighted by Crippen LogP contribution is 2.23. The number of amides is 1. The number of anilines is 1. The van der Waals surface area contributed by atoms with Crippen LogP contribution in [0, 0.1) is 0 Å². The molecule has 0 heterocycles. The average molecular weight is 417 g/mol. The Bertz CT molecular complexity index is 1050. The SMILES string of the molecule is COc1ccc(/C=C/C(=O)O[C@H](C(=O)Nc2cccc(OC)c2)c2ccccc2)cc1. The Hall–Kier alpha value is -4.06. The first-order valence-corrected chi connectivity index (χ1v) is 9.61. The fourth-order valence-electron chi connectivity index (χ4n) is 2.84. The van der Waals surface area contributed by atoms with Gasteiger partial charge in [0.1, 0.15) is 11.5 Å². The van der Waals surface area contributed by atoms with Crippen LogP contribution >= 0.6 is 0 Å². The molecule has 0 aliphatic carbocycles. The monoisotopic (exact) mass is 417 g/mol. The summed E-state index contributed by atoms with van der Waals surface area (Å²) in [5, 5.41) is 2.77. The predicted molar refractivity (Wildman–Crippen MR) is 119 cm³/mol. The number of esters is 1. The number of benzene rings is 3. The first-order valence-electron chi connectivity index (χ1n) is 9.61. The molecule has 0 saturated heterocycles. The highest BCUT2D eigenvalue weighted by molar-refractivity contribution is 5.97. The number of carbonyl (C=O) groups excluding carboxylic acids is 2. The van der Waals surface area contributed by atoms with E-state index in [4.69, 9.17) is 14.2 Å². The van der Waals surface area contributed by atoms with Gasteiger partial charge < -0.3 is 19.5 Å². The third-order valence-electron chi connectivity index (χ3n) is 4.44. The van der Waals surface area contributed by atoms with E-state index in [1.807, 2.05) is 18.2 Å². The number of nitrogens with one attached hydrogen (secondary N) is 1. The van der Waals surface area contributed by atoms with Crippen molar-refractivity contribution in [1.29, 1.82) is 0 Å². The molecule has 3 aromatic rings. The fraction of sp³-hybridized carbons (Fsp3) is 0.120. The van der Waals surface area contributed by atoms with Gasteiger partial charge in [0.15, 0.2) is 0 Å². The van der Waals surface area contributed by atoms with E-state index in [9.17, 15) is 9.59 Å². The molecule has 158 valence electrons. The Morgan fingerprint density at radius 2 is 1.55 bits per heavy atom. The molecule has 0 aliphatic rings. The van der Waals surface area contributed by atoms with Gasteiger partial charge in [0.25, 0.3) is 5.91 Å². The lowest BCUT2D eigenvalue weighted by Crippen LogP contribution is -2.25. The third kappa shape index (κ3) is 6.21. The van der Waals surface area contributed by atoms with Crippen LogP contribution in [0.2, 0.25) is 0 Å². The zero-order valence-corrected chi connectivity index (χ0v) is 17.3. The van der Waals surface area contributed by atoms with E-state index < -0.39 is 18.0 Å². The first kappa shape index (κ1) is 21.6. The van der Waals surface area contributed by atoms with Crippen molar-refractivity contribution in [3.63, 3.8) is 0 Å². The van der Waals surface area contributed by atoms with Gasteiger partial charge >= 0.3 is 5.97 Å². The smallest absolute Gasteiger partial charge is 0.331 e. The van der Waals surface area contributed by atoms with Crippen molar-refractivity contribution in [2.24, 2.45) is 0 Å². The minimum atomic E-state index is -1.11. The quantitative estimate of drug-likeness (QED) is 0.427. The molecule has 6 heteroatoms. The van der Waals surface area contributed by atoms with Gasteiger partial charge in [-0.1, -0.05) is 48.5 Å². The zero-order valence-electron chi connectivity index (χ0n) is 17.3. The molecule has 0 unspecified atom stereocenters. The highest BCUT2D eigenvalue weighted by Gasteiger charge is 2.24. The van der Waals surface area contributed by atoms with Crippen molar-refractivity contribution in [3.05, 3.63) is 96.1 Å². The van der Waals surface area contributed by atoms with Crippen LogP contribution in [0.5, 0.6) is 11.5 Å². The predicted octanol–water partition coefficient (Wildman–Crippen LogP) is 4.64. The maximum atomic E-state index is 12.9. The second kappa shape index (κ2) is 10.6. The summed E-state index contributed by atoms with van der Waals surface area (Å²) >= 11 is 0. The number of ether oxygens (including phenoxy) is 3. The van der Waals surface area contributed by atoms with Gasteiger partial charge in [0.2, 0.25) is 6.10 Å². The van der Waals surface area contributed by atoms with Gasteiger partial charge in [0.05, 0.1) is 14.2 Å². The summed E-state index contributed by atoms with van der Waals surface area (Å²) in [6.45, 7) is 0. The normalized spacial score (nSPS) is 11.5. The second-order valence-electron chi connectivity index (χ2n) is 6.56. The van der Waals surface area contributed by atoms with Gasteiger partial charge in [-0.15, -0.1) is 0 Å². The molecule has 1 atom stereocenters. The Morgan fingerprint density at radius 1 is 0.839 bits per heavy atom. The van der Waals surface area contributed by atoms with Crippen LogP contribution in [-0.4, -0.2) is 26.1 Å². The molecule has 0 aliphatic heterocycles. The van der Waals surface area contributed by atoms with Gasteiger partial charge in [0, 0.05) is 23.4 Å². The zero-order chi connectivity index (χ0) is 22.1. The molecule has 0 bridgehead atoms. The lowest BCUT2D eigenvalue weighted by molar-refractivity contribution is -0.149. The summed E-state index contributed by atoms with van der Waals surface area (Å²) in [6, 6.07) is 23.0. The van der Waals surface area contributed by atoms with Crippen molar-refractivity contribution in [2.75, 3.05) is 19.5 Å². The van der Waals surface area contributed by atoms with E-state index in [0.29, 0.717) is 17.0 Å². The van der Waals surface area contributed by atoms with Crippen LogP contribution in [0.1, 0.15) is 17.2 Å². The molecule has 6 nitrogen and oxygen atoms in total. The maximum absolute atomic E-state index is 12.9. The lowest BCUT2D eigenvalue weighted by Gasteiger charge is -2.17. The summed E-state index contributed by atoms with van der Waals surface area (Å²) in [6.07, 6.45) is 1.79. The van der Waals surface area contributed by atoms with E-state index in [1.54, 1.807) is 81.0 Å². The molecule has 0 saturated carbocycles. The molecule has 0 spiro atoms. The number of hydrogen-bond acceptors (Lipinski definition) is 5. The lowest BCUT2D eigenvalue weighted by atomic mass is 10.1. The molecular formula is C25H23NO5. The topological polar surface area (TPSA) is 73.9 Å². The summed E-state index contributed by atoms with van der Waals surface area (Å²) in [5.74, 6) is 0.225. The van der Waals surface area contributed by atoms with Crippen LogP contribution in [0.15, 0.2) is 84.9 Å². The Labute approximate surface area is 181 Å². The number of methoxy groups -OCH3 is 2. The minimum absolute atomic E-state index is 0.467. The van der Waals surface area contributed by atoms with E-state index in [1.165, 1.54) is 6.08 Å². The van der Waals surface area contributed by atoms with Crippen LogP contribution in [0.25, 0.3) is 6.08 Å². The van der Waals surface area contributed by atoms with Crippen molar-refractivity contribution in [3.8, 4) is 11.5 Å². The third-order valence-corrected chi connectivity index (χ3v) is 4.44. The van der Waals surface area contributed by atoms with Gasteiger partial charge in [-0.3, -0.25) is 4.79 Å². The van der Waals surface area contributed by atoms with E-state index in [2.05, 4.69) is 5.32 Å². The van der Waals surface area contributed by atoms with Crippen LogP contribution in [-0.2, 0) is 14.3 Å². The van der Waals surface area contributed by atoms with E-state index in [0.717, 1.165) is 11.3 Å². The Morgan fingerprint density at radius 3 is 2.23 bits per heavy atom. The summed E-state index contributed by atoms with van der Waals surface area (Å²) in [4.78, 5) is 25.4. The number of carbonyl (C=O) groups is 2. The van der Waals surface area contributed by atoms with Gasteiger partial charge in [-0.2, -0.15) is 0 Å². The standard InChI is InChI=1S/C25H23NO5/c1-29-21-14-11-18(12-15-21)13-16-23(27)31-24(19-7-4-3-5-8-19)25(28)26-20-9-6-10-22(17-20)30-2/h3-17,24H,1-2H3,(H,26,28)/b16-13+/t24-/m0/s1. The maximum Gasteiger partial charge on any atom is 0.331 e. The molecule has 0 aromatic heterocycles. The first-order chi connectivity index (χ1) is 15.1. The Kier molecular flexibility index (Phi) is 7.43. The van der Waals surface area contributed by atoms with Gasteiger partial charge in [-0.05, 0) is 35.9 Å². The largest absolute Gasteiger partial charge is 0.497 e. The molecule has 1 amide bonds. The average Bonchev–Trinajstić information content (AvgIpc) is 2.82. The number of rotatable bonds is 8. The van der Waals surface area contributed by atoms with E-state index >= 15 is 0 Å². The van der Waals surface area contributed by atoms with Crippen molar-refractivity contribution < 1.29 is 23.8 Å². The number of hydrogen-bond donors (Lipinski definition) is 1. The molecule has 3 aromatic carbocycles.